The predicted molar refractivity (Wildman–Crippen MR) is 287 cm³/mol. The van der Waals surface area contributed by atoms with Crippen LogP contribution in [0.2, 0.25) is 0 Å². The molecule has 0 fully saturated rings. The molecule has 2 aromatic heterocycles. The number of hydrogen-bond acceptors (Lipinski definition) is 4. The fraction of sp³-hybridized carbons (Fsp3) is 0.219. The summed E-state index contributed by atoms with van der Waals surface area (Å²) in [4.78, 5) is 9.54. The molecule has 1 aliphatic rings. The van der Waals surface area contributed by atoms with E-state index in [4.69, 9.17) is 9.72 Å². The Morgan fingerprint density at radius 1 is 0.529 bits per heavy atom. The van der Waals surface area contributed by atoms with Crippen molar-refractivity contribution >= 4 is 38.9 Å². The van der Waals surface area contributed by atoms with Crippen LogP contribution < -0.4 is 14.5 Å². The number of fused-ring (bicyclic) bond motifs is 3. The molecule has 0 saturated heterocycles. The number of pyridine rings is 1. The average Bonchev–Trinajstić information content (AvgIpc) is 3.95. The normalized spacial score (nSPS) is 13.4. The van der Waals surface area contributed by atoms with Gasteiger partial charge in [0.25, 0.3) is 0 Å². The Kier molecular flexibility index (Phi) is 12.8. The monoisotopic (exact) mass is 1100 g/mol. The zero-order valence-electron chi connectivity index (χ0n) is 41.9. The Balaban J connectivity index is 0.00000608. The van der Waals surface area contributed by atoms with Gasteiger partial charge in [-0.05, 0) is 86.0 Å². The van der Waals surface area contributed by atoms with Crippen molar-refractivity contribution in [2.24, 2.45) is 0 Å². The molecule has 9 aromatic rings. The third-order valence-electron chi connectivity index (χ3n) is 14.0. The summed E-state index contributed by atoms with van der Waals surface area (Å²) in [6, 6.07) is 68.1. The van der Waals surface area contributed by atoms with Gasteiger partial charge in [-0.1, -0.05) is 201 Å². The van der Waals surface area contributed by atoms with Gasteiger partial charge in [-0.2, -0.15) is 0 Å². The van der Waals surface area contributed by atoms with Gasteiger partial charge in [0.15, 0.2) is 0 Å². The van der Waals surface area contributed by atoms with Gasteiger partial charge in [-0.15, -0.1) is 53.8 Å². The molecule has 0 unspecified atom stereocenters. The van der Waals surface area contributed by atoms with E-state index in [0.29, 0.717) is 11.5 Å². The maximum atomic E-state index is 7.20. The molecule has 0 amide bonds. The van der Waals surface area contributed by atoms with Crippen LogP contribution in [0.4, 0.5) is 11.4 Å². The minimum atomic E-state index is -0.388. The van der Waals surface area contributed by atoms with E-state index in [0.717, 1.165) is 55.8 Å². The van der Waals surface area contributed by atoms with E-state index < -0.39 is 0 Å². The van der Waals surface area contributed by atoms with Crippen LogP contribution in [0.3, 0.4) is 0 Å². The van der Waals surface area contributed by atoms with Crippen LogP contribution in [0.1, 0.15) is 108 Å². The van der Waals surface area contributed by atoms with E-state index in [1.54, 1.807) is 0 Å². The van der Waals surface area contributed by atoms with Gasteiger partial charge < -0.3 is 19.1 Å². The van der Waals surface area contributed by atoms with Gasteiger partial charge in [-0.25, -0.2) is 4.98 Å². The zero-order chi connectivity index (χ0) is 48.3. The van der Waals surface area contributed by atoms with Crippen molar-refractivity contribution in [2.45, 2.75) is 90.9 Å². The predicted octanol–water partition coefficient (Wildman–Crippen LogP) is 16.3. The Bertz CT molecular complexity index is 3360. The van der Waals surface area contributed by atoms with Crippen molar-refractivity contribution in [3.63, 3.8) is 0 Å². The molecule has 0 spiro atoms. The average molecular weight is 1100 g/mol. The second-order valence-electron chi connectivity index (χ2n) is 21.6. The third kappa shape index (κ3) is 9.13. The van der Waals surface area contributed by atoms with Crippen molar-refractivity contribution in [3.8, 4) is 17.3 Å². The molecule has 5 nitrogen and oxygen atoms in total. The Hall–Kier alpha value is -6.68. The minimum Gasteiger partial charge on any atom is -0.509 e. The van der Waals surface area contributed by atoms with Crippen LogP contribution in [-0.4, -0.2) is 9.55 Å². The quantitative estimate of drug-likeness (QED) is 0.128. The first kappa shape index (κ1) is 48.3. The maximum Gasteiger partial charge on any atom is 0.135 e. The summed E-state index contributed by atoms with van der Waals surface area (Å²) >= 11 is 0. The van der Waals surface area contributed by atoms with Gasteiger partial charge in [0.1, 0.15) is 5.82 Å². The smallest absolute Gasteiger partial charge is 0.135 e. The summed E-state index contributed by atoms with van der Waals surface area (Å²) in [6.45, 7) is 24.9. The second-order valence-corrected chi connectivity index (χ2v) is 21.6. The van der Waals surface area contributed by atoms with Gasteiger partial charge in [0, 0.05) is 61.1 Å². The number of anilines is 2. The van der Waals surface area contributed by atoms with E-state index in [1.807, 2.05) is 6.20 Å². The fourth-order valence-corrected chi connectivity index (χ4v) is 9.74. The van der Waals surface area contributed by atoms with E-state index in [2.05, 4.69) is 278 Å². The summed E-state index contributed by atoms with van der Waals surface area (Å²) in [5.41, 5.74) is 12.3. The zero-order valence-corrected chi connectivity index (χ0v) is 44.2. The molecule has 0 bridgehead atoms. The van der Waals surface area contributed by atoms with Crippen LogP contribution in [0.5, 0.6) is 11.5 Å². The molecule has 10 rings (SSSR count). The first-order valence-electron chi connectivity index (χ1n) is 24.1. The molecule has 0 aliphatic carbocycles. The van der Waals surface area contributed by atoms with Crippen molar-refractivity contribution in [1.29, 1.82) is 0 Å². The van der Waals surface area contributed by atoms with E-state index >= 15 is 0 Å². The summed E-state index contributed by atoms with van der Waals surface area (Å²) < 4.78 is 9.47. The number of aromatic nitrogens is 2. The molecule has 0 saturated carbocycles. The van der Waals surface area contributed by atoms with E-state index in [1.165, 1.54) is 27.8 Å². The van der Waals surface area contributed by atoms with Gasteiger partial charge in [-0.3, -0.25) is 0 Å². The number of para-hydroxylation sites is 1. The minimum absolute atomic E-state index is 0. The summed E-state index contributed by atoms with van der Waals surface area (Å²) in [6.07, 6.45) is 4.16. The summed E-state index contributed by atoms with van der Waals surface area (Å²) in [5.74, 6) is 2.04. The van der Waals surface area contributed by atoms with Crippen molar-refractivity contribution < 1.29 is 25.8 Å². The molecule has 0 N–H and O–H groups in total. The summed E-state index contributed by atoms with van der Waals surface area (Å²) in [5, 5.41) is 2.29. The van der Waals surface area contributed by atoms with Gasteiger partial charge in [0.05, 0.1) is 0 Å². The Morgan fingerprint density at radius 3 is 1.79 bits per heavy atom. The van der Waals surface area contributed by atoms with Gasteiger partial charge >= 0.3 is 0 Å². The van der Waals surface area contributed by atoms with Crippen molar-refractivity contribution in [1.82, 2.24) is 9.55 Å². The number of nitrogens with zero attached hydrogens (tertiary/aromatic N) is 4. The Labute approximate surface area is 429 Å². The van der Waals surface area contributed by atoms with E-state index in [-0.39, 0.29) is 42.7 Å². The third-order valence-corrected chi connectivity index (χ3v) is 14.0. The Morgan fingerprint density at radius 2 is 1.13 bits per heavy atom. The number of rotatable bonds is 10. The van der Waals surface area contributed by atoms with Crippen LogP contribution >= 0.6 is 0 Å². The first-order chi connectivity index (χ1) is 33.0. The van der Waals surface area contributed by atoms with E-state index in [9.17, 15) is 0 Å². The molecule has 70 heavy (non-hydrogen) atoms. The molecule has 356 valence electrons. The molecule has 1 aliphatic heterocycles. The topological polar surface area (TPSA) is 33.5 Å². The van der Waals surface area contributed by atoms with Crippen LogP contribution in [0.25, 0.3) is 33.3 Å². The fourth-order valence-electron chi connectivity index (χ4n) is 9.74. The number of hydrogen-bond donors (Lipinski definition) is 0. The van der Waals surface area contributed by atoms with Crippen LogP contribution in [0, 0.1) is 18.8 Å². The number of ether oxygens (including phenoxy) is 1. The van der Waals surface area contributed by atoms with Crippen LogP contribution in [-0.2, 0) is 42.7 Å². The largest absolute Gasteiger partial charge is 0.509 e. The molecular weight excluding hydrogens is 1040 g/mol. The molecule has 0 atom stereocenters. The SMILES string of the molecule is CC(C)(C)c1cccc(N2C=C(c3ccccc3)N(c3[c-]c(Oc4[c-]c5c(c(C(C)(C)C)c4)c4ccccc4n5-c4cc(C(C)(C)c5ccccc5)ccn4)cc(C(C)(C)c4ccccc4)c3)[CH-]2)c1.[Pt]. The molecule has 0 radical (unpaired) electrons. The van der Waals surface area contributed by atoms with Crippen molar-refractivity contribution in [3.05, 3.63) is 240 Å². The summed E-state index contributed by atoms with van der Waals surface area (Å²) in [7, 11) is 0. The molecular formula is C64H61N4OPt-3. The maximum absolute atomic E-state index is 7.20. The molecule has 3 heterocycles. The van der Waals surface area contributed by atoms with Crippen molar-refractivity contribution in [2.75, 3.05) is 9.80 Å². The standard InChI is InChI=1S/C64H61N4O.Pt/c1-61(2,3)47-29-22-30-50(35-47)66-42-58(44-23-14-11-15-24-44)67(43-66)51-36-49(64(9,10)46-27-18-13-19-28-46)37-52(39-51)69-53-40-55(62(4,5)6)60-54-31-20-21-32-56(54)68(57(60)41-53)59-38-48(33-34-65-59)63(7,8)45-25-16-12-17-26-45;/h11-38,40,42-43H,1-10H3;/q-3;. The van der Waals surface area contributed by atoms with Crippen LogP contribution in [0.15, 0.2) is 182 Å². The first-order valence-corrected chi connectivity index (χ1v) is 24.1. The molecule has 6 heteroatoms. The van der Waals surface area contributed by atoms with Gasteiger partial charge in [0.2, 0.25) is 0 Å². The number of benzene rings is 7. The second kappa shape index (κ2) is 18.6. The molecule has 7 aromatic carbocycles.